The fourth-order valence-electron chi connectivity index (χ4n) is 3.08. The maximum Gasteiger partial charge on any atom is 0.0831 e. The van der Waals surface area contributed by atoms with Gasteiger partial charge in [-0.25, -0.2) is 0 Å². The van der Waals surface area contributed by atoms with E-state index in [1.165, 1.54) is 5.56 Å². The molecule has 2 nitrogen and oxygen atoms in total. The second-order valence-electron chi connectivity index (χ2n) is 5.86. The topological polar surface area (TPSA) is 15.6 Å². The van der Waals surface area contributed by atoms with Crippen LogP contribution in [0.25, 0.3) is 0 Å². The lowest BCUT2D eigenvalue weighted by atomic mass is 9.98. The Morgan fingerprint density at radius 2 is 1.42 bits per heavy atom. The third kappa shape index (κ3) is 2.93. The van der Waals surface area contributed by atoms with Crippen molar-refractivity contribution < 1.29 is 0 Å². The molecule has 118 valence electrons. The molecule has 0 aliphatic carbocycles. The number of hydrogen-bond donors (Lipinski definition) is 0. The summed E-state index contributed by atoms with van der Waals surface area (Å²) in [6, 6.07) is 29.0. The van der Waals surface area contributed by atoms with E-state index in [1.54, 1.807) is 0 Å². The van der Waals surface area contributed by atoms with Gasteiger partial charge in [0.25, 0.3) is 0 Å². The zero-order chi connectivity index (χ0) is 16.4. The monoisotopic (exact) mass is 332 g/mol. The lowest BCUT2D eigenvalue weighted by molar-refractivity contribution is 0.709. The van der Waals surface area contributed by atoms with Gasteiger partial charge in [-0.1, -0.05) is 72.3 Å². The van der Waals surface area contributed by atoms with Crippen LogP contribution in [0.1, 0.15) is 23.6 Å². The number of nitrogens with zero attached hydrogens (tertiary/aromatic N) is 2. The lowest BCUT2D eigenvalue weighted by Gasteiger charge is -2.23. The van der Waals surface area contributed by atoms with Crippen LogP contribution in [0.3, 0.4) is 0 Å². The van der Waals surface area contributed by atoms with E-state index in [1.807, 2.05) is 48.5 Å². The minimum absolute atomic E-state index is 0.208. The Balaban J connectivity index is 1.74. The summed E-state index contributed by atoms with van der Waals surface area (Å²) in [6.45, 7) is 0. The molecule has 0 fully saturated rings. The van der Waals surface area contributed by atoms with Crippen molar-refractivity contribution in [1.82, 2.24) is 0 Å². The molecule has 0 N–H and O–H groups in total. The van der Waals surface area contributed by atoms with Crippen molar-refractivity contribution in [2.45, 2.75) is 12.5 Å². The lowest BCUT2D eigenvalue weighted by Crippen LogP contribution is -2.18. The van der Waals surface area contributed by atoms with Gasteiger partial charge in [-0.2, -0.15) is 5.10 Å². The van der Waals surface area contributed by atoms with Crippen LogP contribution >= 0.6 is 11.6 Å². The molecule has 0 spiro atoms. The number of rotatable bonds is 3. The summed E-state index contributed by atoms with van der Waals surface area (Å²) >= 11 is 6.02. The third-order valence-corrected chi connectivity index (χ3v) is 4.54. The molecule has 0 aromatic heterocycles. The SMILES string of the molecule is Clc1ccc(C2=NN(c3ccccc3)[C@@H](c3ccccc3)C2)cc1. The molecule has 0 saturated carbocycles. The van der Waals surface area contributed by atoms with E-state index in [4.69, 9.17) is 16.7 Å². The van der Waals surface area contributed by atoms with Crippen molar-refractivity contribution in [3.8, 4) is 0 Å². The van der Waals surface area contributed by atoms with E-state index in [0.717, 1.165) is 28.4 Å². The van der Waals surface area contributed by atoms with Crippen LogP contribution in [0, 0.1) is 0 Å². The highest BCUT2D eigenvalue weighted by Gasteiger charge is 2.29. The maximum absolute atomic E-state index is 6.02. The molecule has 0 amide bonds. The van der Waals surface area contributed by atoms with E-state index < -0.39 is 0 Å². The molecule has 4 rings (SSSR count). The molecular formula is C21H17ClN2. The fourth-order valence-corrected chi connectivity index (χ4v) is 3.21. The molecule has 3 heteroatoms. The standard InChI is InChI=1S/C21H17ClN2/c22-18-13-11-16(12-14-18)20-15-21(17-7-3-1-4-8-17)24(23-20)19-9-5-2-6-10-19/h1-14,21H,15H2/t21-/m1/s1. The smallest absolute Gasteiger partial charge is 0.0831 e. The van der Waals surface area contributed by atoms with E-state index >= 15 is 0 Å². The van der Waals surface area contributed by atoms with Gasteiger partial charge in [0, 0.05) is 11.4 Å². The number of hydrazone groups is 1. The first-order chi connectivity index (χ1) is 11.8. The largest absolute Gasteiger partial charge is 0.257 e. The van der Waals surface area contributed by atoms with Gasteiger partial charge in [0.15, 0.2) is 0 Å². The summed E-state index contributed by atoms with van der Waals surface area (Å²) in [6.07, 6.45) is 0.876. The zero-order valence-electron chi connectivity index (χ0n) is 13.1. The number of hydrogen-bond acceptors (Lipinski definition) is 2. The summed E-state index contributed by atoms with van der Waals surface area (Å²) < 4.78 is 0. The molecule has 0 unspecified atom stereocenters. The first kappa shape index (κ1) is 15.0. The van der Waals surface area contributed by atoms with E-state index in [9.17, 15) is 0 Å². The zero-order valence-corrected chi connectivity index (χ0v) is 13.9. The maximum atomic E-state index is 6.02. The van der Waals surface area contributed by atoms with Crippen molar-refractivity contribution in [3.05, 3.63) is 101 Å². The van der Waals surface area contributed by atoms with Crippen molar-refractivity contribution >= 4 is 23.0 Å². The second kappa shape index (κ2) is 6.50. The van der Waals surface area contributed by atoms with Crippen LogP contribution in [0.5, 0.6) is 0 Å². The molecule has 24 heavy (non-hydrogen) atoms. The minimum Gasteiger partial charge on any atom is -0.257 e. The normalized spacial score (nSPS) is 17.0. The first-order valence-corrected chi connectivity index (χ1v) is 8.42. The molecule has 1 aliphatic heterocycles. The Hall–Kier alpha value is -2.58. The van der Waals surface area contributed by atoms with Crippen molar-refractivity contribution in [2.24, 2.45) is 5.10 Å². The molecule has 0 saturated heterocycles. The summed E-state index contributed by atoms with van der Waals surface area (Å²) in [4.78, 5) is 0. The Labute approximate surface area is 147 Å². The molecule has 1 aliphatic rings. The highest BCUT2D eigenvalue weighted by Crippen LogP contribution is 2.36. The van der Waals surface area contributed by atoms with Crippen LogP contribution in [0.15, 0.2) is 90.0 Å². The van der Waals surface area contributed by atoms with E-state index in [-0.39, 0.29) is 6.04 Å². The first-order valence-electron chi connectivity index (χ1n) is 8.04. The predicted molar refractivity (Wildman–Crippen MR) is 101 cm³/mol. The van der Waals surface area contributed by atoms with Gasteiger partial charge in [-0.15, -0.1) is 0 Å². The van der Waals surface area contributed by atoms with Gasteiger partial charge < -0.3 is 0 Å². The molecular weight excluding hydrogens is 316 g/mol. The van der Waals surface area contributed by atoms with Gasteiger partial charge in [0.2, 0.25) is 0 Å². The molecule has 1 heterocycles. The van der Waals surface area contributed by atoms with Gasteiger partial charge in [0.1, 0.15) is 0 Å². The number of benzene rings is 3. The second-order valence-corrected chi connectivity index (χ2v) is 6.30. The number of halogens is 1. The van der Waals surface area contributed by atoms with Gasteiger partial charge in [-0.05, 0) is 35.4 Å². The Bertz CT molecular complexity index is 842. The molecule has 3 aromatic rings. The average molecular weight is 333 g/mol. The quantitative estimate of drug-likeness (QED) is 0.601. The van der Waals surface area contributed by atoms with Crippen molar-refractivity contribution in [3.63, 3.8) is 0 Å². The Morgan fingerprint density at radius 3 is 2.08 bits per heavy atom. The minimum atomic E-state index is 0.208. The summed E-state index contributed by atoms with van der Waals surface area (Å²) in [7, 11) is 0. The van der Waals surface area contributed by atoms with E-state index in [2.05, 4.69) is 41.4 Å². The summed E-state index contributed by atoms with van der Waals surface area (Å²) in [5.74, 6) is 0. The van der Waals surface area contributed by atoms with Gasteiger partial charge in [-0.3, -0.25) is 5.01 Å². The van der Waals surface area contributed by atoms with Crippen molar-refractivity contribution in [2.75, 3.05) is 5.01 Å². The van der Waals surface area contributed by atoms with Crippen LogP contribution in [-0.2, 0) is 0 Å². The highest BCUT2D eigenvalue weighted by atomic mass is 35.5. The van der Waals surface area contributed by atoms with Crippen LogP contribution in [-0.4, -0.2) is 5.71 Å². The van der Waals surface area contributed by atoms with Gasteiger partial charge in [0.05, 0.1) is 17.4 Å². The third-order valence-electron chi connectivity index (χ3n) is 4.29. The van der Waals surface area contributed by atoms with Crippen LogP contribution in [0.4, 0.5) is 5.69 Å². The summed E-state index contributed by atoms with van der Waals surface area (Å²) in [5, 5.41) is 7.79. The fraction of sp³-hybridized carbons (Fsp3) is 0.0952. The van der Waals surface area contributed by atoms with Crippen molar-refractivity contribution in [1.29, 1.82) is 0 Å². The highest BCUT2D eigenvalue weighted by molar-refractivity contribution is 6.30. The van der Waals surface area contributed by atoms with Gasteiger partial charge >= 0.3 is 0 Å². The Kier molecular flexibility index (Phi) is 4.06. The van der Waals surface area contributed by atoms with E-state index in [0.29, 0.717) is 0 Å². The molecule has 3 aromatic carbocycles. The summed E-state index contributed by atoms with van der Waals surface area (Å²) in [5.41, 5.74) is 4.59. The average Bonchev–Trinajstić information content (AvgIpc) is 3.09. The molecule has 0 radical (unpaired) electrons. The number of para-hydroxylation sites is 1. The number of anilines is 1. The van der Waals surface area contributed by atoms with Crippen LogP contribution < -0.4 is 5.01 Å². The van der Waals surface area contributed by atoms with Crippen LogP contribution in [0.2, 0.25) is 5.02 Å². The molecule has 1 atom stereocenters. The predicted octanol–water partition coefficient (Wildman–Crippen LogP) is 5.70. The molecule has 0 bridgehead atoms. The Morgan fingerprint density at radius 1 is 0.792 bits per heavy atom.